The quantitative estimate of drug-likeness (QED) is 0.855. The summed E-state index contributed by atoms with van der Waals surface area (Å²) in [6, 6.07) is 12.4. The van der Waals surface area contributed by atoms with Gasteiger partial charge in [-0.15, -0.1) is 0 Å². The molecule has 0 unspecified atom stereocenters. The molecule has 0 radical (unpaired) electrons. The van der Waals surface area contributed by atoms with Crippen molar-refractivity contribution < 1.29 is 18.4 Å². The number of halogens is 2. The molecule has 2 rings (SSSR count). The van der Waals surface area contributed by atoms with Crippen LogP contribution in [0.15, 0.2) is 48.5 Å². The number of rotatable bonds is 5. The molecule has 0 atom stereocenters. The Labute approximate surface area is 140 Å². The first-order valence-corrected chi connectivity index (χ1v) is 7.32. The van der Waals surface area contributed by atoms with Crippen molar-refractivity contribution in [3.63, 3.8) is 0 Å². The van der Waals surface area contributed by atoms with Gasteiger partial charge in [0.25, 0.3) is 5.91 Å². The van der Waals surface area contributed by atoms with Crippen LogP contribution in [0, 0.1) is 11.6 Å². The first kappa shape index (κ1) is 19.3. The lowest BCUT2D eigenvalue weighted by Crippen LogP contribution is -2.25. The summed E-state index contributed by atoms with van der Waals surface area (Å²) in [5, 5.41) is 2.63. The monoisotopic (exact) mass is 334 g/mol. The standard InChI is InChI=1S/C15H13F2NO.C3H7NO/c16-13-8-12(9-14(17)10-13)15(19)18-7-6-11-4-2-1-3-5-11;1-4(2)3-5/h1-5,8-10H,6-7H2,(H,18,19);3H,1-2H3. The summed E-state index contributed by atoms with van der Waals surface area (Å²) < 4.78 is 25.9. The van der Waals surface area contributed by atoms with Crippen molar-refractivity contribution in [3.8, 4) is 0 Å². The minimum atomic E-state index is -0.756. The maximum Gasteiger partial charge on any atom is 0.251 e. The van der Waals surface area contributed by atoms with Gasteiger partial charge in [-0.2, -0.15) is 0 Å². The zero-order valence-electron chi connectivity index (χ0n) is 13.6. The Kier molecular flexibility index (Phi) is 8.11. The number of benzene rings is 2. The van der Waals surface area contributed by atoms with Gasteiger partial charge < -0.3 is 10.2 Å². The lowest BCUT2D eigenvalue weighted by Gasteiger charge is -2.05. The van der Waals surface area contributed by atoms with Crippen LogP contribution in [-0.4, -0.2) is 37.9 Å². The van der Waals surface area contributed by atoms with E-state index in [2.05, 4.69) is 5.32 Å². The van der Waals surface area contributed by atoms with Gasteiger partial charge >= 0.3 is 0 Å². The van der Waals surface area contributed by atoms with Gasteiger partial charge in [-0.1, -0.05) is 30.3 Å². The average molecular weight is 334 g/mol. The molecular formula is C18H20F2N2O2. The molecule has 4 nitrogen and oxygen atoms in total. The maximum absolute atomic E-state index is 13.0. The molecule has 0 saturated heterocycles. The lowest BCUT2D eigenvalue weighted by atomic mass is 10.1. The van der Waals surface area contributed by atoms with Crippen LogP contribution >= 0.6 is 0 Å². The first-order chi connectivity index (χ1) is 11.4. The van der Waals surface area contributed by atoms with Crippen LogP contribution in [0.25, 0.3) is 0 Å². The predicted molar refractivity (Wildman–Crippen MR) is 88.6 cm³/mol. The third-order valence-corrected chi connectivity index (χ3v) is 2.88. The van der Waals surface area contributed by atoms with Gasteiger partial charge in [-0.05, 0) is 24.1 Å². The Morgan fingerprint density at radius 1 is 1.08 bits per heavy atom. The molecule has 24 heavy (non-hydrogen) atoms. The fourth-order valence-electron chi connectivity index (χ4n) is 1.75. The summed E-state index contributed by atoms with van der Waals surface area (Å²) in [5.74, 6) is -1.99. The number of carbonyl (C=O) groups is 2. The summed E-state index contributed by atoms with van der Waals surface area (Å²) in [7, 11) is 3.38. The van der Waals surface area contributed by atoms with Crippen LogP contribution < -0.4 is 5.32 Å². The highest BCUT2D eigenvalue weighted by atomic mass is 19.1. The summed E-state index contributed by atoms with van der Waals surface area (Å²) >= 11 is 0. The van der Waals surface area contributed by atoms with Gasteiger partial charge in [0.2, 0.25) is 6.41 Å². The highest BCUT2D eigenvalue weighted by Crippen LogP contribution is 2.07. The van der Waals surface area contributed by atoms with E-state index in [4.69, 9.17) is 0 Å². The Morgan fingerprint density at radius 3 is 2.12 bits per heavy atom. The molecule has 1 N–H and O–H groups in total. The molecule has 0 aliphatic carbocycles. The van der Waals surface area contributed by atoms with E-state index in [0.717, 1.165) is 30.2 Å². The number of nitrogens with zero attached hydrogens (tertiary/aromatic N) is 1. The molecule has 6 heteroatoms. The summed E-state index contributed by atoms with van der Waals surface area (Å²) in [4.78, 5) is 22.6. The molecule has 0 aliphatic heterocycles. The third kappa shape index (κ3) is 7.49. The number of nitrogens with one attached hydrogen (secondary N) is 1. The molecule has 2 aromatic carbocycles. The smallest absolute Gasteiger partial charge is 0.251 e. The highest BCUT2D eigenvalue weighted by Gasteiger charge is 2.08. The van der Waals surface area contributed by atoms with Gasteiger partial charge in [0.05, 0.1) is 0 Å². The zero-order chi connectivity index (χ0) is 17.9. The van der Waals surface area contributed by atoms with E-state index in [-0.39, 0.29) is 5.56 Å². The summed E-state index contributed by atoms with van der Waals surface area (Å²) in [5.41, 5.74) is 1.08. The van der Waals surface area contributed by atoms with E-state index in [0.29, 0.717) is 13.0 Å². The maximum atomic E-state index is 13.0. The minimum absolute atomic E-state index is 0.00874. The molecule has 0 spiro atoms. The molecule has 0 aromatic heterocycles. The molecule has 0 bridgehead atoms. The van der Waals surface area contributed by atoms with Crippen molar-refractivity contribution in [1.82, 2.24) is 10.2 Å². The second-order valence-corrected chi connectivity index (χ2v) is 5.22. The van der Waals surface area contributed by atoms with E-state index in [1.54, 1.807) is 14.1 Å². The van der Waals surface area contributed by atoms with Gasteiger partial charge in [0.15, 0.2) is 0 Å². The molecule has 0 fully saturated rings. The van der Waals surface area contributed by atoms with Crippen LogP contribution in [0.3, 0.4) is 0 Å². The SMILES string of the molecule is CN(C)C=O.O=C(NCCc1ccccc1)c1cc(F)cc(F)c1. The second kappa shape index (κ2) is 10.1. The molecular weight excluding hydrogens is 314 g/mol. The van der Waals surface area contributed by atoms with E-state index >= 15 is 0 Å². The van der Waals surface area contributed by atoms with Crippen molar-refractivity contribution in [3.05, 3.63) is 71.3 Å². The van der Waals surface area contributed by atoms with Crippen LogP contribution in [0.1, 0.15) is 15.9 Å². The molecule has 2 amide bonds. The molecule has 0 saturated carbocycles. The van der Waals surface area contributed by atoms with Crippen molar-refractivity contribution in [2.24, 2.45) is 0 Å². The van der Waals surface area contributed by atoms with Crippen molar-refractivity contribution >= 4 is 12.3 Å². The van der Waals surface area contributed by atoms with Gasteiger partial charge in [-0.3, -0.25) is 9.59 Å². The molecule has 2 aromatic rings. The Balaban J connectivity index is 0.000000505. The van der Waals surface area contributed by atoms with Crippen LogP contribution in [0.4, 0.5) is 8.78 Å². The number of hydrogen-bond donors (Lipinski definition) is 1. The van der Waals surface area contributed by atoms with E-state index in [1.807, 2.05) is 30.3 Å². The highest BCUT2D eigenvalue weighted by molar-refractivity contribution is 5.94. The Hall–Kier alpha value is -2.76. The van der Waals surface area contributed by atoms with Gasteiger partial charge in [0, 0.05) is 32.3 Å². The lowest BCUT2D eigenvalue weighted by molar-refractivity contribution is -0.115. The van der Waals surface area contributed by atoms with E-state index in [9.17, 15) is 18.4 Å². The number of amides is 2. The summed E-state index contributed by atoms with van der Waals surface area (Å²) in [6.45, 7) is 0.418. The zero-order valence-corrected chi connectivity index (χ0v) is 13.6. The molecule has 0 aliphatic rings. The number of hydrogen-bond acceptors (Lipinski definition) is 2. The Bertz CT molecular complexity index is 641. The van der Waals surface area contributed by atoms with E-state index < -0.39 is 17.5 Å². The fourth-order valence-corrected chi connectivity index (χ4v) is 1.75. The van der Waals surface area contributed by atoms with E-state index in [1.165, 1.54) is 4.90 Å². The topological polar surface area (TPSA) is 49.4 Å². The van der Waals surface area contributed by atoms with Crippen LogP contribution in [-0.2, 0) is 11.2 Å². The Morgan fingerprint density at radius 2 is 1.62 bits per heavy atom. The first-order valence-electron chi connectivity index (χ1n) is 7.32. The summed E-state index contributed by atoms with van der Waals surface area (Å²) in [6.07, 6.45) is 1.42. The second-order valence-electron chi connectivity index (χ2n) is 5.22. The third-order valence-electron chi connectivity index (χ3n) is 2.88. The normalized spacial score (nSPS) is 9.50. The minimum Gasteiger partial charge on any atom is -0.352 e. The molecule has 128 valence electrons. The number of carbonyl (C=O) groups excluding carboxylic acids is 2. The predicted octanol–water partition coefficient (Wildman–Crippen LogP) is 2.64. The average Bonchev–Trinajstić information content (AvgIpc) is 2.55. The molecule has 0 heterocycles. The largest absolute Gasteiger partial charge is 0.352 e. The van der Waals surface area contributed by atoms with Crippen LogP contribution in [0.2, 0.25) is 0 Å². The fraction of sp³-hybridized carbons (Fsp3) is 0.222. The van der Waals surface area contributed by atoms with Crippen LogP contribution in [0.5, 0.6) is 0 Å². The van der Waals surface area contributed by atoms with Gasteiger partial charge in [0.1, 0.15) is 11.6 Å². The van der Waals surface area contributed by atoms with Crippen molar-refractivity contribution in [2.45, 2.75) is 6.42 Å². The van der Waals surface area contributed by atoms with Gasteiger partial charge in [-0.25, -0.2) is 8.78 Å². The van der Waals surface area contributed by atoms with Crippen molar-refractivity contribution in [1.29, 1.82) is 0 Å². The van der Waals surface area contributed by atoms with Crippen molar-refractivity contribution in [2.75, 3.05) is 20.6 Å².